The standard InChI is InChI=1S/C17H25N5O/c1-21(2)17-11-14(5-7-18-17)3-4-16-13-22(9-10-23-16)12-15-6-8-19-20-15/h5-8,11,16H,3-4,9-10,12-13H2,1-2H3,(H,19,20)/t16-/m0/s1. The van der Waals surface area contributed by atoms with Gasteiger partial charge in [0.05, 0.1) is 12.7 Å². The molecule has 3 heterocycles. The lowest BCUT2D eigenvalue weighted by Crippen LogP contribution is -2.42. The summed E-state index contributed by atoms with van der Waals surface area (Å²) in [5.74, 6) is 1.01. The molecule has 1 aliphatic heterocycles. The van der Waals surface area contributed by atoms with E-state index in [-0.39, 0.29) is 0 Å². The lowest BCUT2D eigenvalue weighted by molar-refractivity contribution is -0.0349. The van der Waals surface area contributed by atoms with Crippen molar-refractivity contribution in [2.24, 2.45) is 0 Å². The van der Waals surface area contributed by atoms with E-state index >= 15 is 0 Å². The van der Waals surface area contributed by atoms with Crippen LogP contribution in [-0.4, -0.2) is 60.0 Å². The normalized spacial score (nSPS) is 19.0. The van der Waals surface area contributed by atoms with Crippen LogP contribution in [-0.2, 0) is 17.7 Å². The number of morpholine rings is 1. The maximum atomic E-state index is 5.93. The number of hydrogen-bond donors (Lipinski definition) is 1. The molecule has 0 amide bonds. The summed E-state index contributed by atoms with van der Waals surface area (Å²) >= 11 is 0. The van der Waals surface area contributed by atoms with E-state index in [4.69, 9.17) is 4.74 Å². The lowest BCUT2D eigenvalue weighted by Gasteiger charge is -2.32. The number of pyridine rings is 1. The minimum absolute atomic E-state index is 0.294. The molecule has 2 aromatic rings. The van der Waals surface area contributed by atoms with E-state index in [1.165, 1.54) is 5.56 Å². The van der Waals surface area contributed by atoms with Gasteiger partial charge >= 0.3 is 0 Å². The zero-order valence-electron chi connectivity index (χ0n) is 13.9. The van der Waals surface area contributed by atoms with Crippen molar-refractivity contribution in [3.63, 3.8) is 0 Å². The van der Waals surface area contributed by atoms with Gasteiger partial charge in [0.1, 0.15) is 5.82 Å². The van der Waals surface area contributed by atoms with Gasteiger partial charge in [-0.3, -0.25) is 10.00 Å². The molecule has 1 N–H and O–H groups in total. The van der Waals surface area contributed by atoms with Crippen LogP contribution in [0.2, 0.25) is 0 Å². The Morgan fingerprint density at radius 3 is 3.04 bits per heavy atom. The highest BCUT2D eigenvalue weighted by Gasteiger charge is 2.20. The molecule has 1 atom stereocenters. The van der Waals surface area contributed by atoms with Crippen molar-refractivity contribution >= 4 is 5.82 Å². The zero-order valence-corrected chi connectivity index (χ0v) is 13.9. The fourth-order valence-corrected chi connectivity index (χ4v) is 2.90. The summed E-state index contributed by atoms with van der Waals surface area (Å²) in [4.78, 5) is 8.83. The molecule has 1 saturated heterocycles. The van der Waals surface area contributed by atoms with E-state index in [0.29, 0.717) is 6.10 Å². The first-order valence-corrected chi connectivity index (χ1v) is 8.15. The summed E-state index contributed by atoms with van der Waals surface area (Å²) in [6, 6.07) is 6.29. The lowest BCUT2D eigenvalue weighted by atomic mass is 10.1. The second kappa shape index (κ2) is 7.57. The van der Waals surface area contributed by atoms with Crippen LogP contribution in [0.4, 0.5) is 5.82 Å². The van der Waals surface area contributed by atoms with Crippen LogP contribution < -0.4 is 4.90 Å². The summed E-state index contributed by atoms with van der Waals surface area (Å²) < 4.78 is 5.93. The molecule has 0 saturated carbocycles. The topological polar surface area (TPSA) is 57.3 Å². The van der Waals surface area contributed by atoms with Crippen molar-refractivity contribution < 1.29 is 4.74 Å². The Morgan fingerprint density at radius 2 is 2.26 bits per heavy atom. The molecule has 0 spiro atoms. The van der Waals surface area contributed by atoms with Crippen LogP contribution in [0, 0.1) is 0 Å². The van der Waals surface area contributed by atoms with Crippen molar-refractivity contribution in [3.8, 4) is 0 Å². The Morgan fingerprint density at radius 1 is 1.35 bits per heavy atom. The minimum Gasteiger partial charge on any atom is -0.376 e. The molecule has 0 aromatic carbocycles. The summed E-state index contributed by atoms with van der Waals surface area (Å²) in [5, 5.41) is 7.04. The third-order valence-electron chi connectivity index (χ3n) is 4.20. The van der Waals surface area contributed by atoms with E-state index in [2.05, 4.69) is 32.2 Å². The van der Waals surface area contributed by atoms with Gasteiger partial charge in [-0.15, -0.1) is 0 Å². The van der Waals surface area contributed by atoms with Gasteiger partial charge in [0, 0.05) is 51.8 Å². The van der Waals surface area contributed by atoms with Crippen LogP contribution in [0.5, 0.6) is 0 Å². The van der Waals surface area contributed by atoms with Gasteiger partial charge in [-0.05, 0) is 36.6 Å². The number of H-pyrrole nitrogens is 1. The molecular formula is C17H25N5O. The van der Waals surface area contributed by atoms with Gasteiger partial charge in [0.25, 0.3) is 0 Å². The van der Waals surface area contributed by atoms with Crippen LogP contribution >= 0.6 is 0 Å². The number of aromatic amines is 1. The van der Waals surface area contributed by atoms with E-state index in [1.54, 1.807) is 6.20 Å². The molecule has 0 unspecified atom stereocenters. The fraction of sp³-hybridized carbons (Fsp3) is 0.529. The summed E-state index contributed by atoms with van der Waals surface area (Å²) in [7, 11) is 4.04. The zero-order chi connectivity index (χ0) is 16.1. The maximum Gasteiger partial charge on any atom is 0.128 e. The molecule has 6 heteroatoms. The fourth-order valence-electron chi connectivity index (χ4n) is 2.90. The minimum atomic E-state index is 0.294. The average Bonchev–Trinajstić information content (AvgIpc) is 3.06. The SMILES string of the molecule is CN(C)c1cc(CC[C@H]2CN(Cc3ccn[nH]3)CCO2)ccn1. The van der Waals surface area contributed by atoms with Gasteiger partial charge in [-0.1, -0.05) is 0 Å². The smallest absolute Gasteiger partial charge is 0.128 e. The van der Waals surface area contributed by atoms with Crippen LogP contribution in [0.15, 0.2) is 30.6 Å². The molecule has 0 aliphatic carbocycles. The number of hydrogen-bond acceptors (Lipinski definition) is 5. The Balaban J connectivity index is 1.50. The maximum absolute atomic E-state index is 5.93. The van der Waals surface area contributed by atoms with Crippen molar-refractivity contribution in [1.29, 1.82) is 0 Å². The van der Waals surface area contributed by atoms with Crippen LogP contribution in [0.25, 0.3) is 0 Å². The van der Waals surface area contributed by atoms with Crippen LogP contribution in [0.1, 0.15) is 17.7 Å². The highest BCUT2D eigenvalue weighted by molar-refractivity contribution is 5.39. The first-order chi connectivity index (χ1) is 11.2. The van der Waals surface area contributed by atoms with E-state index in [0.717, 1.165) is 50.6 Å². The molecule has 0 bridgehead atoms. The van der Waals surface area contributed by atoms with Gasteiger partial charge in [-0.25, -0.2) is 4.98 Å². The highest BCUT2D eigenvalue weighted by atomic mass is 16.5. The first kappa shape index (κ1) is 16.0. The number of aryl methyl sites for hydroxylation is 1. The Bertz CT molecular complexity index is 599. The second-order valence-corrected chi connectivity index (χ2v) is 6.27. The second-order valence-electron chi connectivity index (χ2n) is 6.27. The van der Waals surface area contributed by atoms with Crippen molar-refractivity contribution in [2.45, 2.75) is 25.5 Å². The number of nitrogens with one attached hydrogen (secondary N) is 1. The molecular weight excluding hydrogens is 290 g/mol. The van der Waals surface area contributed by atoms with Gasteiger partial charge in [0.2, 0.25) is 0 Å². The van der Waals surface area contributed by atoms with Gasteiger partial charge in [0.15, 0.2) is 0 Å². The molecule has 0 radical (unpaired) electrons. The predicted octanol–water partition coefficient (Wildman–Crippen LogP) is 1.70. The molecule has 23 heavy (non-hydrogen) atoms. The third kappa shape index (κ3) is 4.53. The van der Waals surface area contributed by atoms with Gasteiger partial charge in [-0.2, -0.15) is 5.10 Å². The van der Waals surface area contributed by atoms with E-state index in [9.17, 15) is 0 Å². The molecule has 2 aromatic heterocycles. The highest BCUT2D eigenvalue weighted by Crippen LogP contribution is 2.16. The quantitative estimate of drug-likeness (QED) is 0.879. The average molecular weight is 315 g/mol. The number of rotatable bonds is 6. The van der Waals surface area contributed by atoms with Crippen molar-refractivity contribution in [1.82, 2.24) is 20.1 Å². The summed E-state index contributed by atoms with van der Waals surface area (Å²) in [5.41, 5.74) is 2.48. The monoisotopic (exact) mass is 315 g/mol. The van der Waals surface area contributed by atoms with E-state index < -0.39 is 0 Å². The molecule has 1 fully saturated rings. The molecule has 1 aliphatic rings. The predicted molar refractivity (Wildman–Crippen MR) is 90.5 cm³/mol. The first-order valence-electron chi connectivity index (χ1n) is 8.15. The largest absolute Gasteiger partial charge is 0.376 e. The Labute approximate surface area is 137 Å². The third-order valence-corrected chi connectivity index (χ3v) is 4.20. The van der Waals surface area contributed by atoms with Crippen LogP contribution in [0.3, 0.4) is 0 Å². The number of aromatic nitrogens is 3. The van der Waals surface area contributed by atoms with Crippen molar-refractivity contribution in [3.05, 3.63) is 41.9 Å². The number of anilines is 1. The number of ether oxygens (including phenoxy) is 1. The molecule has 124 valence electrons. The van der Waals surface area contributed by atoms with Gasteiger partial charge < -0.3 is 9.64 Å². The molecule has 6 nitrogen and oxygen atoms in total. The summed E-state index contributed by atoms with van der Waals surface area (Å²) in [6.07, 6.45) is 6.04. The Kier molecular flexibility index (Phi) is 5.25. The molecule has 3 rings (SSSR count). The van der Waals surface area contributed by atoms with Crippen molar-refractivity contribution in [2.75, 3.05) is 38.7 Å². The Hall–Kier alpha value is -1.92. The summed E-state index contributed by atoms with van der Waals surface area (Å²) in [6.45, 7) is 3.68. The number of nitrogens with zero attached hydrogens (tertiary/aromatic N) is 4. The van der Waals surface area contributed by atoms with E-state index in [1.807, 2.05) is 31.3 Å².